The highest BCUT2D eigenvalue weighted by Crippen LogP contribution is 2.29. The van der Waals surface area contributed by atoms with E-state index in [-0.39, 0.29) is 5.69 Å². The van der Waals surface area contributed by atoms with Crippen LogP contribution in [0.25, 0.3) is 21.5 Å². The molecule has 1 aliphatic heterocycles. The van der Waals surface area contributed by atoms with Crippen molar-refractivity contribution in [3.63, 3.8) is 0 Å². The summed E-state index contributed by atoms with van der Waals surface area (Å²) in [6, 6.07) is 18.9. The lowest BCUT2D eigenvalue weighted by Gasteiger charge is -2.20. The second-order valence-electron chi connectivity index (χ2n) is 6.81. The summed E-state index contributed by atoms with van der Waals surface area (Å²) in [5, 5.41) is 18.0. The maximum Gasteiger partial charge on any atom is 0.354 e. The molecule has 8 heteroatoms. The highest BCUT2D eigenvalue weighted by atomic mass is 32.1. The average molecular weight is 415 g/mol. The summed E-state index contributed by atoms with van der Waals surface area (Å²) in [4.78, 5) is 20.1. The molecule has 0 unspecified atom stereocenters. The first-order valence-electron chi connectivity index (χ1n) is 9.44. The number of carbonyl (C=O) groups is 1. The maximum absolute atomic E-state index is 11.2. The molecular formula is C22H17N5O2S. The summed E-state index contributed by atoms with van der Waals surface area (Å²) in [5.41, 5.74) is 8.40. The van der Waals surface area contributed by atoms with Gasteiger partial charge >= 0.3 is 5.97 Å². The Hall–Kier alpha value is -3.78. The number of hydrogen-bond donors (Lipinski definition) is 3. The van der Waals surface area contributed by atoms with E-state index < -0.39 is 5.97 Å². The second kappa shape index (κ2) is 7.57. The van der Waals surface area contributed by atoms with Crippen molar-refractivity contribution in [2.24, 2.45) is 5.10 Å². The van der Waals surface area contributed by atoms with Gasteiger partial charge in [0, 0.05) is 29.8 Å². The van der Waals surface area contributed by atoms with E-state index in [1.807, 2.05) is 42.5 Å². The monoisotopic (exact) mass is 415 g/mol. The number of para-hydroxylation sites is 1. The van der Waals surface area contributed by atoms with Gasteiger partial charge in [0.2, 0.25) is 5.13 Å². The summed E-state index contributed by atoms with van der Waals surface area (Å²) < 4.78 is 1.11. The topological polar surface area (TPSA) is 99.5 Å². The van der Waals surface area contributed by atoms with Crippen molar-refractivity contribution in [3.8, 4) is 11.3 Å². The van der Waals surface area contributed by atoms with Crippen LogP contribution in [0.4, 0.5) is 10.8 Å². The van der Waals surface area contributed by atoms with Gasteiger partial charge in [-0.1, -0.05) is 35.6 Å². The van der Waals surface area contributed by atoms with Gasteiger partial charge in [-0.2, -0.15) is 5.10 Å². The van der Waals surface area contributed by atoms with Crippen molar-refractivity contribution < 1.29 is 9.90 Å². The third-order valence-corrected chi connectivity index (χ3v) is 5.79. The SMILES string of the molecule is O=C(O)c1cccc(-c2ccc3c(c2)/C(=N\Nc2nc4ccccc4s2)CCN3)n1. The first-order valence-corrected chi connectivity index (χ1v) is 10.3. The van der Waals surface area contributed by atoms with Crippen molar-refractivity contribution in [1.29, 1.82) is 0 Å². The van der Waals surface area contributed by atoms with Crippen LogP contribution in [-0.2, 0) is 0 Å². The van der Waals surface area contributed by atoms with Gasteiger partial charge in [0.15, 0.2) is 0 Å². The second-order valence-corrected chi connectivity index (χ2v) is 7.84. The smallest absolute Gasteiger partial charge is 0.354 e. The predicted molar refractivity (Wildman–Crippen MR) is 120 cm³/mol. The molecule has 0 amide bonds. The molecule has 148 valence electrons. The van der Waals surface area contributed by atoms with Crippen LogP contribution in [0.3, 0.4) is 0 Å². The lowest BCUT2D eigenvalue weighted by atomic mass is 9.97. The van der Waals surface area contributed by atoms with Crippen LogP contribution in [0.1, 0.15) is 22.5 Å². The Bertz CT molecular complexity index is 1260. The number of benzene rings is 2. The van der Waals surface area contributed by atoms with Crippen LogP contribution in [0.5, 0.6) is 0 Å². The zero-order valence-electron chi connectivity index (χ0n) is 15.8. The van der Waals surface area contributed by atoms with Gasteiger partial charge in [-0.15, -0.1) is 0 Å². The van der Waals surface area contributed by atoms with Gasteiger partial charge in [-0.25, -0.2) is 14.8 Å². The molecule has 4 aromatic rings. The molecule has 0 aliphatic carbocycles. The van der Waals surface area contributed by atoms with Crippen LogP contribution in [0.2, 0.25) is 0 Å². The molecule has 0 bridgehead atoms. The van der Waals surface area contributed by atoms with Gasteiger partial charge < -0.3 is 10.4 Å². The van der Waals surface area contributed by atoms with E-state index >= 15 is 0 Å². The number of fused-ring (bicyclic) bond motifs is 2. The van der Waals surface area contributed by atoms with Crippen LogP contribution in [0.15, 0.2) is 65.8 Å². The molecule has 5 rings (SSSR count). The van der Waals surface area contributed by atoms with E-state index in [1.165, 1.54) is 6.07 Å². The molecule has 0 saturated carbocycles. The molecule has 0 radical (unpaired) electrons. The van der Waals surface area contributed by atoms with Crippen LogP contribution >= 0.6 is 11.3 Å². The van der Waals surface area contributed by atoms with Gasteiger partial charge in [0.1, 0.15) is 5.69 Å². The number of pyridine rings is 1. The van der Waals surface area contributed by atoms with E-state index in [0.29, 0.717) is 5.69 Å². The minimum atomic E-state index is -1.04. The molecule has 30 heavy (non-hydrogen) atoms. The third kappa shape index (κ3) is 3.48. The number of hydrogen-bond acceptors (Lipinski definition) is 7. The number of rotatable bonds is 4. The van der Waals surface area contributed by atoms with Crippen LogP contribution in [0, 0.1) is 0 Å². The van der Waals surface area contributed by atoms with E-state index in [1.54, 1.807) is 23.5 Å². The fraction of sp³-hybridized carbons (Fsp3) is 0.0909. The number of nitrogens with zero attached hydrogens (tertiary/aromatic N) is 3. The molecule has 2 aromatic heterocycles. The van der Waals surface area contributed by atoms with Crippen molar-refractivity contribution in [1.82, 2.24) is 9.97 Å². The molecule has 1 aliphatic rings. The molecule has 3 heterocycles. The molecule has 0 spiro atoms. The van der Waals surface area contributed by atoms with E-state index in [9.17, 15) is 9.90 Å². The Kier molecular flexibility index (Phi) is 4.61. The van der Waals surface area contributed by atoms with Crippen molar-refractivity contribution in [2.45, 2.75) is 6.42 Å². The largest absolute Gasteiger partial charge is 0.477 e. The van der Waals surface area contributed by atoms with Gasteiger partial charge in [-0.05, 0) is 36.4 Å². The number of aromatic nitrogens is 2. The zero-order chi connectivity index (χ0) is 20.5. The highest BCUT2D eigenvalue weighted by molar-refractivity contribution is 7.22. The highest BCUT2D eigenvalue weighted by Gasteiger charge is 2.17. The summed E-state index contributed by atoms with van der Waals surface area (Å²) >= 11 is 1.56. The fourth-order valence-corrected chi connectivity index (χ4v) is 4.22. The quantitative estimate of drug-likeness (QED) is 0.418. The van der Waals surface area contributed by atoms with Crippen LogP contribution in [-0.4, -0.2) is 33.3 Å². The minimum Gasteiger partial charge on any atom is -0.477 e. The molecule has 0 saturated heterocycles. The number of anilines is 2. The van der Waals surface area contributed by atoms with Crippen LogP contribution < -0.4 is 10.7 Å². The molecule has 0 fully saturated rings. The van der Waals surface area contributed by atoms with E-state index in [0.717, 1.165) is 50.8 Å². The third-order valence-electron chi connectivity index (χ3n) is 4.85. The summed E-state index contributed by atoms with van der Waals surface area (Å²) in [6.45, 7) is 0.791. The molecular weight excluding hydrogens is 398 g/mol. The Balaban J connectivity index is 1.48. The fourth-order valence-electron chi connectivity index (χ4n) is 3.41. The lowest BCUT2D eigenvalue weighted by Crippen LogP contribution is -2.19. The van der Waals surface area contributed by atoms with Crippen molar-refractivity contribution in [2.75, 3.05) is 17.3 Å². The zero-order valence-corrected chi connectivity index (χ0v) is 16.6. The first kappa shape index (κ1) is 18.3. The number of thiazole rings is 1. The van der Waals surface area contributed by atoms with Gasteiger partial charge in [0.05, 0.1) is 21.6 Å². The van der Waals surface area contributed by atoms with Crippen molar-refractivity contribution in [3.05, 3.63) is 71.9 Å². The number of aromatic carboxylic acids is 1. The van der Waals surface area contributed by atoms with E-state index in [2.05, 4.69) is 25.8 Å². The predicted octanol–water partition coefficient (Wildman–Crippen LogP) is 4.69. The van der Waals surface area contributed by atoms with E-state index in [4.69, 9.17) is 0 Å². The Labute approximate surface area is 176 Å². The average Bonchev–Trinajstić information content (AvgIpc) is 3.20. The Morgan fingerprint density at radius 2 is 2.00 bits per heavy atom. The van der Waals surface area contributed by atoms with Gasteiger partial charge in [0.25, 0.3) is 0 Å². The number of nitrogens with one attached hydrogen (secondary N) is 2. The first-order chi connectivity index (χ1) is 14.7. The number of hydrazone groups is 1. The maximum atomic E-state index is 11.2. The van der Waals surface area contributed by atoms with Gasteiger partial charge in [-0.3, -0.25) is 5.43 Å². The molecule has 2 aromatic carbocycles. The minimum absolute atomic E-state index is 0.0229. The lowest BCUT2D eigenvalue weighted by molar-refractivity contribution is 0.0690. The normalized spacial score (nSPS) is 14.3. The molecule has 7 nitrogen and oxygen atoms in total. The standard InChI is InChI=1S/C22H17N5O2S/c28-21(29)19-6-3-5-15(24-19)13-8-9-16-14(12-13)17(10-11-23-16)26-27-22-25-18-4-1-2-7-20(18)30-22/h1-9,12,23H,10-11H2,(H,25,27)(H,28,29)/b26-17-. The number of carboxylic acid groups (broad SMARTS) is 1. The molecule has 0 atom stereocenters. The summed E-state index contributed by atoms with van der Waals surface area (Å²) in [5.74, 6) is -1.04. The summed E-state index contributed by atoms with van der Waals surface area (Å²) in [7, 11) is 0. The number of carboxylic acids is 1. The van der Waals surface area contributed by atoms with Crippen molar-refractivity contribution >= 4 is 44.1 Å². The Morgan fingerprint density at radius 3 is 2.87 bits per heavy atom. The Morgan fingerprint density at radius 1 is 1.10 bits per heavy atom. The summed E-state index contributed by atoms with van der Waals surface area (Å²) in [6.07, 6.45) is 0.761. The molecule has 3 N–H and O–H groups in total.